The van der Waals surface area contributed by atoms with E-state index in [1.165, 1.54) is 4.31 Å². The van der Waals surface area contributed by atoms with E-state index < -0.39 is 10.0 Å². The predicted molar refractivity (Wildman–Crippen MR) is 95.3 cm³/mol. The van der Waals surface area contributed by atoms with Gasteiger partial charge in [0.2, 0.25) is 10.0 Å². The Morgan fingerprint density at radius 1 is 1.29 bits per heavy atom. The van der Waals surface area contributed by atoms with Crippen molar-refractivity contribution in [1.82, 2.24) is 14.9 Å². The van der Waals surface area contributed by atoms with Crippen LogP contribution >= 0.6 is 15.9 Å². The van der Waals surface area contributed by atoms with Gasteiger partial charge in [0.1, 0.15) is 0 Å². The second kappa shape index (κ2) is 8.80. The number of carbonyl (C=O) groups excluding carboxylic acids is 1. The van der Waals surface area contributed by atoms with Crippen molar-refractivity contribution in [2.75, 3.05) is 38.6 Å². The van der Waals surface area contributed by atoms with Crippen molar-refractivity contribution in [1.29, 1.82) is 0 Å². The number of hydrogen-bond donors (Lipinski definition) is 2. The summed E-state index contributed by atoms with van der Waals surface area (Å²) >= 11 is 3.36. The molecule has 0 aromatic heterocycles. The van der Waals surface area contributed by atoms with E-state index in [9.17, 15) is 13.2 Å². The molecule has 1 fully saturated rings. The minimum Gasteiger partial charge on any atom is -0.379 e. The molecule has 7 nitrogen and oxygen atoms in total. The average Bonchev–Trinajstić information content (AvgIpc) is 2.56. The van der Waals surface area contributed by atoms with E-state index in [1.54, 1.807) is 0 Å². The molecule has 1 saturated heterocycles. The monoisotopic (exact) mass is 419 g/mol. The summed E-state index contributed by atoms with van der Waals surface area (Å²) in [4.78, 5) is 11.9. The first kappa shape index (κ1) is 19.2. The summed E-state index contributed by atoms with van der Waals surface area (Å²) in [6.45, 7) is 3.51. The SMILES string of the molecule is CC(NC(=O)NCCS(=O)(=O)N1CCOCC1)c1ccc(Br)cc1. The first-order valence-corrected chi connectivity index (χ1v) is 10.1. The lowest BCUT2D eigenvalue weighted by Crippen LogP contribution is -2.45. The molecule has 134 valence electrons. The topological polar surface area (TPSA) is 87.7 Å². The molecule has 1 aliphatic heterocycles. The van der Waals surface area contributed by atoms with Gasteiger partial charge in [0.25, 0.3) is 0 Å². The number of sulfonamides is 1. The predicted octanol–water partition coefficient (Wildman–Crippen LogP) is 1.47. The summed E-state index contributed by atoms with van der Waals surface area (Å²) in [6.07, 6.45) is 0. The van der Waals surface area contributed by atoms with Crippen LogP contribution in [-0.2, 0) is 14.8 Å². The molecular weight excluding hydrogens is 398 g/mol. The minimum atomic E-state index is -3.36. The maximum Gasteiger partial charge on any atom is 0.315 e. The van der Waals surface area contributed by atoms with Crippen LogP contribution in [0.15, 0.2) is 28.7 Å². The van der Waals surface area contributed by atoms with Crippen LogP contribution in [-0.4, -0.2) is 57.4 Å². The molecule has 1 heterocycles. The Bertz CT molecular complexity index is 645. The fourth-order valence-corrected chi connectivity index (χ4v) is 3.92. The Kier molecular flexibility index (Phi) is 7.02. The van der Waals surface area contributed by atoms with Crippen molar-refractivity contribution in [3.8, 4) is 0 Å². The first-order chi connectivity index (χ1) is 11.4. The van der Waals surface area contributed by atoms with Crippen molar-refractivity contribution < 1.29 is 17.9 Å². The molecule has 0 saturated carbocycles. The highest BCUT2D eigenvalue weighted by molar-refractivity contribution is 9.10. The van der Waals surface area contributed by atoms with Crippen LogP contribution in [0, 0.1) is 0 Å². The summed E-state index contributed by atoms with van der Waals surface area (Å²) in [7, 11) is -3.36. The molecule has 9 heteroatoms. The van der Waals surface area contributed by atoms with Gasteiger partial charge in [-0.15, -0.1) is 0 Å². The Balaban J connectivity index is 1.75. The number of morpholine rings is 1. The average molecular weight is 420 g/mol. The molecular formula is C15H22BrN3O4S. The van der Waals surface area contributed by atoms with Crippen LogP contribution in [0.4, 0.5) is 4.79 Å². The number of nitrogens with one attached hydrogen (secondary N) is 2. The summed E-state index contributed by atoms with van der Waals surface area (Å²) < 4.78 is 31.8. The Morgan fingerprint density at radius 2 is 1.92 bits per heavy atom. The highest BCUT2D eigenvalue weighted by Gasteiger charge is 2.24. The summed E-state index contributed by atoms with van der Waals surface area (Å²) in [6, 6.07) is 7.08. The normalized spacial score (nSPS) is 17.2. The Labute approximate surface area is 150 Å². The number of hydrogen-bond acceptors (Lipinski definition) is 4. The van der Waals surface area contributed by atoms with Crippen LogP contribution in [0.5, 0.6) is 0 Å². The van der Waals surface area contributed by atoms with Gasteiger partial charge < -0.3 is 15.4 Å². The van der Waals surface area contributed by atoms with Gasteiger partial charge in [0, 0.05) is 24.1 Å². The van der Waals surface area contributed by atoms with Gasteiger partial charge >= 0.3 is 6.03 Å². The van der Waals surface area contributed by atoms with Crippen molar-refractivity contribution in [2.45, 2.75) is 13.0 Å². The first-order valence-electron chi connectivity index (χ1n) is 7.74. The van der Waals surface area contributed by atoms with Gasteiger partial charge in [-0.2, -0.15) is 4.31 Å². The lowest BCUT2D eigenvalue weighted by Gasteiger charge is -2.26. The van der Waals surface area contributed by atoms with Gasteiger partial charge in [0.15, 0.2) is 0 Å². The number of amides is 2. The molecule has 1 aliphatic rings. The van der Waals surface area contributed by atoms with E-state index in [-0.39, 0.29) is 24.4 Å². The smallest absolute Gasteiger partial charge is 0.315 e. The lowest BCUT2D eigenvalue weighted by molar-refractivity contribution is 0.0730. The van der Waals surface area contributed by atoms with Crippen molar-refractivity contribution in [3.63, 3.8) is 0 Å². The highest BCUT2D eigenvalue weighted by atomic mass is 79.9. The molecule has 0 radical (unpaired) electrons. The third-order valence-electron chi connectivity index (χ3n) is 3.73. The largest absolute Gasteiger partial charge is 0.379 e. The Hall–Kier alpha value is -1.16. The fourth-order valence-electron chi connectivity index (χ4n) is 2.33. The zero-order valence-electron chi connectivity index (χ0n) is 13.5. The number of urea groups is 1. The third-order valence-corrected chi connectivity index (χ3v) is 6.13. The molecule has 0 aliphatic carbocycles. The van der Waals surface area contributed by atoms with Crippen molar-refractivity contribution >= 4 is 32.0 Å². The zero-order chi connectivity index (χ0) is 17.6. The number of benzene rings is 1. The standard InChI is InChI=1S/C15H22BrN3O4S/c1-12(13-2-4-14(16)5-3-13)18-15(20)17-6-11-24(21,22)19-7-9-23-10-8-19/h2-5,12H,6-11H2,1H3,(H2,17,18,20). The molecule has 0 bridgehead atoms. The molecule has 1 atom stereocenters. The van der Waals surface area contributed by atoms with Crippen LogP contribution in [0.2, 0.25) is 0 Å². The van der Waals surface area contributed by atoms with Crippen LogP contribution in [0.3, 0.4) is 0 Å². The highest BCUT2D eigenvalue weighted by Crippen LogP contribution is 2.16. The Morgan fingerprint density at radius 3 is 2.54 bits per heavy atom. The van der Waals surface area contributed by atoms with E-state index in [2.05, 4.69) is 26.6 Å². The van der Waals surface area contributed by atoms with Gasteiger partial charge in [-0.05, 0) is 24.6 Å². The molecule has 2 rings (SSSR count). The van der Waals surface area contributed by atoms with Gasteiger partial charge in [-0.25, -0.2) is 13.2 Å². The van der Waals surface area contributed by atoms with E-state index in [1.807, 2.05) is 31.2 Å². The summed E-state index contributed by atoms with van der Waals surface area (Å²) in [5.41, 5.74) is 0.967. The van der Waals surface area contributed by atoms with E-state index >= 15 is 0 Å². The maximum absolute atomic E-state index is 12.1. The second-order valence-corrected chi connectivity index (χ2v) is 8.51. The van der Waals surface area contributed by atoms with E-state index in [0.717, 1.165) is 10.0 Å². The molecule has 24 heavy (non-hydrogen) atoms. The van der Waals surface area contributed by atoms with Gasteiger partial charge in [0.05, 0.1) is 25.0 Å². The fraction of sp³-hybridized carbons (Fsp3) is 0.533. The van der Waals surface area contributed by atoms with E-state index in [0.29, 0.717) is 26.3 Å². The number of halogens is 1. The van der Waals surface area contributed by atoms with Crippen LogP contribution in [0.25, 0.3) is 0 Å². The summed E-state index contributed by atoms with van der Waals surface area (Å²) in [5, 5.41) is 5.38. The van der Waals surface area contributed by atoms with Gasteiger partial charge in [-0.1, -0.05) is 28.1 Å². The molecule has 1 aromatic rings. The molecule has 2 N–H and O–H groups in total. The maximum atomic E-state index is 12.1. The van der Waals surface area contributed by atoms with E-state index in [4.69, 9.17) is 4.74 Å². The van der Waals surface area contributed by atoms with Crippen molar-refractivity contribution in [2.24, 2.45) is 0 Å². The quantitative estimate of drug-likeness (QED) is 0.730. The molecule has 0 spiro atoms. The second-order valence-electron chi connectivity index (χ2n) is 5.50. The molecule has 1 unspecified atom stereocenters. The number of rotatable bonds is 6. The van der Waals surface area contributed by atoms with Crippen LogP contribution in [0.1, 0.15) is 18.5 Å². The van der Waals surface area contributed by atoms with Crippen molar-refractivity contribution in [3.05, 3.63) is 34.3 Å². The molecule has 1 aromatic carbocycles. The number of carbonyl (C=O) groups is 1. The van der Waals surface area contributed by atoms with Crippen LogP contribution < -0.4 is 10.6 Å². The minimum absolute atomic E-state index is 0.0680. The lowest BCUT2D eigenvalue weighted by atomic mass is 10.1. The zero-order valence-corrected chi connectivity index (χ0v) is 15.9. The number of nitrogens with zero attached hydrogens (tertiary/aromatic N) is 1. The number of ether oxygens (including phenoxy) is 1. The summed E-state index contributed by atoms with van der Waals surface area (Å²) in [5.74, 6) is -0.118. The van der Waals surface area contributed by atoms with Gasteiger partial charge in [-0.3, -0.25) is 0 Å². The molecule has 2 amide bonds. The third kappa shape index (κ3) is 5.73.